The summed E-state index contributed by atoms with van der Waals surface area (Å²) in [6.07, 6.45) is 0.950. The van der Waals surface area contributed by atoms with Gasteiger partial charge in [-0.15, -0.1) is 0 Å². The zero-order chi connectivity index (χ0) is 18.3. The van der Waals surface area contributed by atoms with Crippen molar-refractivity contribution in [3.63, 3.8) is 0 Å². The predicted molar refractivity (Wildman–Crippen MR) is 98.5 cm³/mol. The van der Waals surface area contributed by atoms with Gasteiger partial charge in [0.2, 0.25) is 11.8 Å². The Morgan fingerprint density at radius 1 is 1.12 bits per heavy atom. The molecule has 1 heterocycles. The van der Waals surface area contributed by atoms with Gasteiger partial charge < -0.3 is 15.4 Å². The Morgan fingerprint density at radius 3 is 2.36 bits per heavy atom. The maximum absolute atomic E-state index is 12.5. The molecule has 1 aliphatic rings. The van der Waals surface area contributed by atoms with Crippen molar-refractivity contribution < 1.29 is 14.3 Å². The van der Waals surface area contributed by atoms with Crippen molar-refractivity contribution in [3.05, 3.63) is 29.8 Å². The number of nitrogens with one attached hydrogen (secondary N) is 2. The highest BCUT2D eigenvalue weighted by Crippen LogP contribution is 2.19. The van der Waals surface area contributed by atoms with Gasteiger partial charge in [-0.1, -0.05) is 19.1 Å². The van der Waals surface area contributed by atoms with Gasteiger partial charge in [-0.3, -0.25) is 14.5 Å². The topological polar surface area (TPSA) is 70.7 Å². The van der Waals surface area contributed by atoms with E-state index >= 15 is 0 Å². The van der Waals surface area contributed by atoms with Gasteiger partial charge >= 0.3 is 0 Å². The van der Waals surface area contributed by atoms with Crippen LogP contribution in [0.5, 0.6) is 0 Å². The first-order chi connectivity index (χ1) is 11.9. The standard InChI is InChI=1S/C19H29N3O3/c1-4-15-5-7-16(8-6-15)21-18(24)19(2,3)17(23)20-9-10-22-11-13-25-14-12-22/h5-8H,4,9-14H2,1-3H3,(H,20,23)(H,21,24). The highest BCUT2D eigenvalue weighted by atomic mass is 16.5. The van der Waals surface area contributed by atoms with E-state index in [1.165, 1.54) is 5.56 Å². The molecule has 1 aromatic rings. The third kappa shape index (κ3) is 5.54. The number of rotatable bonds is 7. The van der Waals surface area contributed by atoms with E-state index in [0.717, 1.165) is 39.3 Å². The third-order valence-electron chi connectivity index (χ3n) is 4.57. The van der Waals surface area contributed by atoms with Gasteiger partial charge in [-0.25, -0.2) is 0 Å². The minimum Gasteiger partial charge on any atom is -0.379 e. The molecule has 0 atom stereocenters. The van der Waals surface area contributed by atoms with Crippen molar-refractivity contribution in [3.8, 4) is 0 Å². The first kappa shape index (κ1) is 19.4. The lowest BCUT2D eigenvalue weighted by Gasteiger charge is -2.27. The van der Waals surface area contributed by atoms with Gasteiger partial charge in [0.1, 0.15) is 5.41 Å². The average molecular weight is 347 g/mol. The van der Waals surface area contributed by atoms with Crippen molar-refractivity contribution >= 4 is 17.5 Å². The molecule has 6 nitrogen and oxygen atoms in total. The highest BCUT2D eigenvalue weighted by molar-refractivity contribution is 6.09. The fraction of sp³-hybridized carbons (Fsp3) is 0.579. The van der Waals surface area contributed by atoms with E-state index in [-0.39, 0.29) is 11.8 Å². The number of hydrogen-bond donors (Lipinski definition) is 2. The molecule has 6 heteroatoms. The molecule has 1 fully saturated rings. The van der Waals surface area contributed by atoms with Crippen LogP contribution < -0.4 is 10.6 Å². The third-order valence-corrected chi connectivity index (χ3v) is 4.57. The highest BCUT2D eigenvalue weighted by Gasteiger charge is 2.35. The molecule has 0 spiro atoms. The number of aryl methyl sites for hydroxylation is 1. The van der Waals surface area contributed by atoms with Gasteiger partial charge in [-0.2, -0.15) is 0 Å². The Morgan fingerprint density at radius 2 is 1.76 bits per heavy atom. The number of carbonyl (C=O) groups excluding carboxylic acids is 2. The smallest absolute Gasteiger partial charge is 0.239 e. The minimum atomic E-state index is -1.13. The molecule has 0 saturated carbocycles. The SMILES string of the molecule is CCc1ccc(NC(=O)C(C)(C)C(=O)NCCN2CCOCC2)cc1. The summed E-state index contributed by atoms with van der Waals surface area (Å²) in [7, 11) is 0. The Hall–Kier alpha value is -1.92. The second-order valence-electron chi connectivity index (χ2n) is 6.84. The second kappa shape index (κ2) is 8.97. The van der Waals surface area contributed by atoms with Gasteiger partial charge in [0.25, 0.3) is 0 Å². The van der Waals surface area contributed by atoms with Crippen molar-refractivity contribution in [2.45, 2.75) is 27.2 Å². The summed E-state index contributed by atoms with van der Waals surface area (Å²) >= 11 is 0. The van der Waals surface area contributed by atoms with Crippen LogP contribution in [-0.4, -0.2) is 56.1 Å². The number of carbonyl (C=O) groups is 2. The molecule has 0 aliphatic carbocycles. The lowest BCUT2D eigenvalue weighted by Crippen LogP contribution is -2.48. The maximum Gasteiger partial charge on any atom is 0.239 e. The number of benzene rings is 1. The predicted octanol–water partition coefficient (Wildman–Crippen LogP) is 1.66. The number of anilines is 1. The number of amides is 2. The molecule has 0 unspecified atom stereocenters. The fourth-order valence-corrected chi connectivity index (χ4v) is 2.59. The minimum absolute atomic E-state index is 0.261. The summed E-state index contributed by atoms with van der Waals surface area (Å²) < 4.78 is 5.30. The van der Waals surface area contributed by atoms with Crippen molar-refractivity contribution in [2.24, 2.45) is 5.41 Å². The molecule has 2 N–H and O–H groups in total. The lowest BCUT2D eigenvalue weighted by molar-refractivity contribution is -0.138. The molecule has 1 aromatic carbocycles. The quantitative estimate of drug-likeness (QED) is 0.736. The van der Waals surface area contributed by atoms with Crippen molar-refractivity contribution in [1.82, 2.24) is 10.2 Å². The lowest BCUT2D eigenvalue weighted by atomic mass is 9.91. The van der Waals surface area contributed by atoms with Crippen LogP contribution in [0.3, 0.4) is 0 Å². The van der Waals surface area contributed by atoms with E-state index in [2.05, 4.69) is 22.5 Å². The van der Waals surface area contributed by atoms with Gasteiger partial charge in [0.15, 0.2) is 0 Å². The first-order valence-electron chi connectivity index (χ1n) is 8.92. The van der Waals surface area contributed by atoms with E-state index in [0.29, 0.717) is 12.2 Å². The molecule has 0 radical (unpaired) electrons. The number of nitrogens with zero attached hydrogens (tertiary/aromatic N) is 1. The van der Waals surface area contributed by atoms with Gasteiger partial charge in [0.05, 0.1) is 13.2 Å². The summed E-state index contributed by atoms with van der Waals surface area (Å²) in [6, 6.07) is 7.68. The molecule has 1 aliphatic heterocycles. The van der Waals surface area contributed by atoms with Crippen LogP contribution >= 0.6 is 0 Å². The molecule has 2 amide bonds. The Balaban J connectivity index is 1.82. The Bertz CT molecular complexity index is 578. The van der Waals surface area contributed by atoms with Crippen LogP contribution in [0.2, 0.25) is 0 Å². The molecule has 1 saturated heterocycles. The molecular formula is C19H29N3O3. The second-order valence-corrected chi connectivity index (χ2v) is 6.84. The zero-order valence-electron chi connectivity index (χ0n) is 15.4. The number of hydrogen-bond acceptors (Lipinski definition) is 4. The van der Waals surface area contributed by atoms with Crippen molar-refractivity contribution in [1.29, 1.82) is 0 Å². The van der Waals surface area contributed by atoms with Gasteiger partial charge in [0, 0.05) is 31.9 Å². The molecular weight excluding hydrogens is 318 g/mol. The summed E-state index contributed by atoms with van der Waals surface area (Å²) in [5.74, 6) is -0.566. The Labute approximate surface area is 149 Å². The van der Waals surface area contributed by atoms with Crippen LogP contribution in [0.25, 0.3) is 0 Å². The summed E-state index contributed by atoms with van der Waals surface area (Å²) in [6.45, 7) is 9.90. The molecule has 2 rings (SSSR count). The van der Waals surface area contributed by atoms with E-state index in [9.17, 15) is 9.59 Å². The zero-order valence-corrected chi connectivity index (χ0v) is 15.4. The van der Waals surface area contributed by atoms with Crippen LogP contribution in [0.15, 0.2) is 24.3 Å². The normalized spacial score (nSPS) is 15.6. The van der Waals surface area contributed by atoms with E-state index in [1.54, 1.807) is 13.8 Å². The molecule has 0 bridgehead atoms. The van der Waals surface area contributed by atoms with E-state index < -0.39 is 5.41 Å². The monoisotopic (exact) mass is 347 g/mol. The number of morpholine rings is 1. The van der Waals surface area contributed by atoms with Crippen LogP contribution in [0, 0.1) is 5.41 Å². The largest absolute Gasteiger partial charge is 0.379 e. The Kier molecular flexibility index (Phi) is 6.96. The average Bonchev–Trinajstić information content (AvgIpc) is 2.63. The maximum atomic E-state index is 12.5. The van der Waals surface area contributed by atoms with Crippen molar-refractivity contribution in [2.75, 3.05) is 44.7 Å². The van der Waals surface area contributed by atoms with Crippen LogP contribution in [0.4, 0.5) is 5.69 Å². The van der Waals surface area contributed by atoms with E-state index in [4.69, 9.17) is 4.74 Å². The number of ether oxygens (including phenoxy) is 1. The molecule has 25 heavy (non-hydrogen) atoms. The molecule has 138 valence electrons. The van der Waals surface area contributed by atoms with Crippen LogP contribution in [-0.2, 0) is 20.7 Å². The first-order valence-corrected chi connectivity index (χ1v) is 8.92. The summed E-state index contributed by atoms with van der Waals surface area (Å²) in [5.41, 5.74) is 0.781. The van der Waals surface area contributed by atoms with Crippen LogP contribution in [0.1, 0.15) is 26.3 Å². The van der Waals surface area contributed by atoms with E-state index in [1.807, 2.05) is 24.3 Å². The van der Waals surface area contributed by atoms with Gasteiger partial charge in [-0.05, 0) is 38.0 Å². The summed E-state index contributed by atoms with van der Waals surface area (Å²) in [4.78, 5) is 27.2. The fourth-order valence-electron chi connectivity index (χ4n) is 2.59. The summed E-state index contributed by atoms with van der Waals surface area (Å²) in [5, 5.41) is 5.70. The molecule has 0 aromatic heterocycles.